The van der Waals surface area contributed by atoms with Gasteiger partial charge in [-0.15, -0.1) is 0 Å². The van der Waals surface area contributed by atoms with Gasteiger partial charge in [0.05, 0.1) is 0 Å². The van der Waals surface area contributed by atoms with Crippen LogP contribution in [0.5, 0.6) is 0 Å². The molecule has 3 heteroatoms. The zero-order valence-electron chi connectivity index (χ0n) is 12.0. The van der Waals surface area contributed by atoms with Crippen LogP contribution in [0, 0.1) is 11.8 Å². The molecule has 18 heavy (non-hydrogen) atoms. The van der Waals surface area contributed by atoms with E-state index in [1.54, 1.807) is 0 Å². The fourth-order valence-corrected chi connectivity index (χ4v) is 3.59. The van der Waals surface area contributed by atoms with E-state index in [-0.39, 0.29) is 0 Å². The summed E-state index contributed by atoms with van der Waals surface area (Å²) in [4.78, 5) is 2.64. The van der Waals surface area contributed by atoms with Crippen molar-refractivity contribution in [3.63, 3.8) is 0 Å². The van der Waals surface area contributed by atoms with Gasteiger partial charge in [-0.25, -0.2) is 0 Å². The number of nitrogens with zero attached hydrogens (tertiary/aromatic N) is 1. The Balaban J connectivity index is 1.63. The van der Waals surface area contributed by atoms with Crippen LogP contribution in [0.25, 0.3) is 0 Å². The van der Waals surface area contributed by atoms with Gasteiger partial charge in [0.15, 0.2) is 0 Å². The molecular weight excluding hydrogens is 222 g/mol. The van der Waals surface area contributed by atoms with E-state index in [9.17, 15) is 0 Å². The van der Waals surface area contributed by atoms with E-state index in [1.807, 2.05) is 0 Å². The fourth-order valence-electron chi connectivity index (χ4n) is 3.59. The Labute approximate surface area is 112 Å². The van der Waals surface area contributed by atoms with Crippen LogP contribution in [-0.2, 0) is 0 Å². The Kier molecular flexibility index (Phi) is 5.93. The van der Waals surface area contributed by atoms with E-state index in [1.165, 1.54) is 58.2 Å². The van der Waals surface area contributed by atoms with Gasteiger partial charge in [0, 0.05) is 12.6 Å². The maximum absolute atomic E-state index is 5.83. The van der Waals surface area contributed by atoms with Crippen LogP contribution in [0.1, 0.15) is 45.4 Å². The lowest BCUT2D eigenvalue weighted by Crippen LogP contribution is -2.41. The highest BCUT2D eigenvalue weighted by Gasteiger charge is 2.25. The van der Waals surface area contributed by atoms with Crippen molar-refractivity contribution in [1.82, 2.24) is 10.2 Å². The SMILES string of the molecule is CC(CNC1CCCC1CN)CN1CCCCC1. The zero-order chi connectivity index (χ0) is 12.8. The van der Waals surface area contributed by atoms with Crippen LogP contribution in [0.4, 0.5) is 0 Å². The van der Waals surface area contributed by atoms with Gasteiger partial charge >= 0.3 is 0 Å². The third kappa shape index (κ3) is 4.22. The molecule has 1 heterocycles. The van der Waals surface area contributed by atoms with Gasteiger partial charge in [0.2, 0.25) is 0 Å². The van der Waals surface area contributed by atoms with Crippen molar-refractivity contribution < 1.29 is 0 Å². The summed E-state index contributed by atoms with van der Waals surface area (Å²) in [6.07, 6.45) is 8.26. The van der Waals surface area contributed by atoms with E-state index < -0.39 is 0 Å². The lowest BCUT2D eigenvalue weighted by molar-refractivity contribution is 0.196. The lowest BCUT2D eigenvalue weighted by Gasteiger charge is -2.30. The summed E-state index contributed by atoms with van der Waals surface area (Å²) in [6.45, 7) is 8.31. The van der Waals surface area contributed by atoms with Crippen LogP contribution < -0.4 is 11.1 Å². The minimum Gasteiger partial charge on any atom is -0.330 e. The molecule has 3 N–H and O–H groups in total. The van der Waals surface area contributed by atoms with Crippen LogP contribution >= 0.6 is 0 Å². The molecule has 3 unspecified atom stereocenters. The van der Waals surface area contributed by atoms with E-state index in [0.29, 0.717) is 6.04 Å². The molecule has 0 aromatic carbocycles. The molecule has 0 amide bonds. The average molecular weight is 253 g/mol. The number of likely N-dealkylation sites (tertiary alicyclic amines) is 1. The van der Waals surface area contributed by atoms with Gasteiger partial charge in [0.25, 0.3) is 0 Å². The highest BCUT2D eigenvalue weighted by atomic mass is 15.1. The maximum Gasteiger partial charge on any atom is 0.0107 e. The predicted molar refractivity (Wildman–Crippen MR) is 77.6 cm³/mol. The normalized spacial score (nSPS) is 31.7. The third-order valence-corrected chi connectivity index (χ3v) is 4.71. The molecule has 2 aliphatic rings. The molecule has 3 atom stereocenters. The molecule has 2 rings (SSSR count). The lowest BCUT2D eigenvalue weighted by atomic mass is 10.0. The summed E-state index contributed by atoms with van der Waals surface area (Å²) < 4.78 is 0. The van der Waals surface area contributed by atoms with Gasteiger partial charge in [-0.2, -0.15) is 0 Å². The molecule has 0 aromatic heterocycles. The largest absolute Gasteiger partial charge is 0.330 e. The molecule has 2 fully saturated rings. The molecule has 1 saturated carbocycles. The van der Waals surface area contributed by atoms with Crippen LogP contribution in [0.2, 0.25) is 0 Å². The van der Waals surface area contributed by atoms with E-state index in [0.717, 1.165) is 24.9 Å². The smallest absolute Gasteiger partial charge is 0.0107 e. The molecule has 0 bridgehead atoms. The molecule has 1 aliphatic carbocycles. The molecule has 1 saturated heterocycles. The van der Waals surface area contributed by atoms with Crippen LogP contribution in [0.15, 0.2) is 0 Å². The molecule has 0 radical (unpaired) electrons. The van der Waals surface area contributed by atoms with Crippen molar-refractivity contribution in [2.75, 3.05) is 32.7 Å². The zero-order valence-corrected chi connectivity index (χ0v) is 12.0. The summed E-state index contributed by atoms with van der Waals surface area (Å²) in [5, 5.41) is 3.77. The maximum atomic E-state index is 5.83. The summed E-state index contributed by atoms with van der Waals surface area (Å²) >= 11 is 0. The molecule has 0 aromatic rings. The number of nitrogens with two attached hydrogens (primary N) is 1. The van der Waals surface area contributed by atoms with Crippen molar-refractivity contribution in [2.24, 2.45) is 17.6 Å². The standard InChI is InChI=1S/C15H31N3/c1-13(12-18-8-3-2-4-9-18)11-17-15-7-5-6-14(15)10-16/h13-15,17H,2-12,16H2,1H3. The summed E-state index contributed by atoms with van der Waals surface area (Å²) in [5.41, 5.74) is 5.83. The van der Waals surface area contributed by atoms with Crippen molar-refractivity contribution in [3.8, 4) is 0 Å². The van der Waals surface area contributed by atoms with Gasteiger partial charge in [-0.1, -0.05) is 19.8 Å². The Morgan fingerprint density at radius 2 is 1.94 bits per heavy atom. The second-order valence-corrected chi connectivity index (χ2v) is 6.41. The van der Waals surface area contributed by atoms with Crippen molar-refractivity contribution in [2.45, 2.75) is 51.5 Å². The Morgan fingerprint density at radius 3 is 2.67 bits per heavy atom. The minimum absolute atomic E-state index is 0.693. The third-order valence-electron chi connectivity index (χ3n) is 4.71. The second-order valence-electron chi connectivity index (χ2n) is 6.41. The van der Waals surface area contributed by atoms with Gasteiger partial charge < -0.3 is 16.0 Å². The first-order chi connectivity index (χ1) is 8.79. The summed E-state index contributed by atoms with van der Waals surface area (Å²) in [6, 6.07) is 0.693. The Morgan fingerprint density at radius 1 is 1.17 bits per heavy atom. The topological polar surface area (TPSA) is 41.3 Å². The van der Waals surface area contributed by atoms with Crippen molar-refractivity contribution in [1.29, 1.82) is 0 Å². The Hall–Kier alpha value is -0.120. The molecule has 3 nitrogen and oxygen atoms in total. The average Bonchev–Trinajstić information content (AvgIpc) is 2.85. The first kappa shape index (κ1) is 14.3. The molecule has 1 aliphatic heterocycles. The van der Waals surface area contributed by atoms with E-state index in [2.05, 4.69) is 17.1 Å². The van der Waals surface area contributed by atoms with Gasteiger partial charge in [-0.05, 0) is 63.7 Å². The van der Waals surface area contributed by atoms with E-state index >= 15 is 0 Å². The second kappa shape index (κ2) is 7.46. The molecule has 106 valence electrons. The van der Waals surface area contributed by atoms with Crippen LogP contribution in [0.3, 0.4) is 0 Å². The van der Waals surface area contributed by atoms with Gasteiger partial charge in [0.1, 0.15) is 0 Å². The summed E-state index contributed by atoms with van der Waals surface area (Å²) in [5.74, 6) is 1.49. The number of hydrogen-bond donors (Lipinski definition) is 2. The minimum atomic E-state index is 0.693. The fraction of sp³-hybridized carbons (Fsp3) is 1.00. The summed E-state index contributed by atoms with van der Waals surface area (Å²) in [7, 11) is 0. The van der Waals surface area contributed by atoms with Crippen LogP contribution in [-0.4, -0.2) is 43.7 Å². The van der Waals surface area contributed by atoms with Crippen molar-refractivity contribution >= 4 is 0 Å². The first-order valence-corrected chi connectivity index (χ1v) is 7.95. The molecule has 0 spiro atoms. The highest BCUT2D eigenvalue weighted by molar-refractivity contribution is 4.84. The predicted octanol–water partition coefficient (Wildman–Crippen LogP) is 1.83. The van der Waals surface area contributed by atoms with Crippen molar-refractivity contribution in [3.05, 3.63) is 0 Å². The Bertz CT molecular complexity index is 226. The van der Waals surface area contributed by atoms with E-state index in [4.69, 9.17) is 5.73 Å². The highest BCUT2D eigenvalue weighted by Crippen LogP contribution is 2.24. The first-order valence-electron chi connectivity index (χ1n) is 7.95. The number of hydrogen-bond acceptors (Lipinski definition) is 3. The number of rotatable bonds is 6. The number of piperidine rings is 1. The quantitative estimate of drug-likeness (QED) is 0.759. The molecular formula is C15H31N3. The monoisotopic (exact) mass is 253 g/mol. The van der Waals surface area contributed by atoms with Gasteiger partial charge in [-0.3, -0.25) is 0 Å². The number of nitrogens with one attached hydrogen (secondary N) is 1.